The second-order valence-electron chi connectivity index (χ2n) is 6.02. The van der Waals surface area contributed by atoms with Gasteiger partial charge in [0, 0.05) is 19.7 Å². The third-order valence-electron chi connectivity index (χ3n) is 4.19. The van der Waals surface area contributed by atoms with Crippen molar-refractivity contribution < 1.29 is 23.5 Å². The molecule has 2 aromatic rings. The zero-order chi connectivity index (χ0) is 19.6. The highest BCUT2D eigenvalue weighted by atomic mass is 19.1. The minimum absolute atomic E-state index is 0.0851. The number of amides is 4. The van der Waals surface area contributed by atoms with Crippen LogP contribution in [0.4, 0.5) is 9.18 Å². The van der Waals surface area contributed by atoms with Crippen molar-refractivity contribution in [2.75, 3.05) is 14.1 Å². The first-order valence-corrected chi connectivity index (χ1v) is 8.16. The predicted molar refractivity (Wildman–Crippen MR) is 96.1 cm³/mol. The maximum atomic E-state index is 13.6. The van der Waals surface area contributed by atoms with E-state index < -0.39 is 17.8 Å². The van der Waals surface area contributed by atoms with E-state index in [9.17, 15) is 18.8 Å². The van der Waals surface area contributed by atoms with Gasteiger partial charge in [0.05, 0.1) is 0 Å². The van der Waals surface area contributed by atoms with E-state index >= 15 is 0 Å². The first kappa shape index (κ1) is 18.3. The molecule has 27 heavy (non-hydrogen) atoms. The van der Waals surface area contributed by atoms with Crippen LogP contribution in [-0.2, 0) is 16.2 Å². The van der Waals surface area contributed by atoms with Crippen LogP contribution in [0.3, 0.4) is 0 Å². The van der Waals surface area contributed by atoms with E-state index in [-0.39, 0.29) is 18.0 Å². The summed E-state index contributed by atoms with van der Waals surface area (Å²) in [6.45, 7) is 0.0851. The fourth-order valence-electron chi connectivity index (χ4n) is 2.58. The molecule has 0 atom stereocenters. The van der Waals surface area contributed by atoms with E-state index in [1.807, 2.05) is 0 Å². The molecular weight excluding hydrogens is 351 g/mol. The van der Waals surface area contributed by atoms with Crippen molar-refractivity contribution in [3.63, 3.8) is 0 Å². The molecule has 0 aliphatic carbocycles. The number of hydrogen-bond acceptors (Lipinski definition) is 4. The average Bonchev–Trinajstić information content (AvgIpc) is 2.68. The Morgan fingerprint density at radius 1 is 0.926 bits per heavy atom. The normalized spacial score (nSPS) is 14.6. The number of carbonyl (C=O) groups is 3. The predicted octanol–water partition coefficient (Wildman–Crippen LogP) is 2.84. The van der Waals surface area contributed by atoms with Crippen LogP contribution in [0.25, 0.3) is 6.08 Å². The Bertz CT molecular complexity index is 911. The van der Waals surface area contributed by atoms with E-state index in [1.165, 1.54) is 26.2 Å². The van der Waals surface area contributed by atoms with Gasteiger partial charge in [0.2, 0.25) is 0 Å². The van der Waals surface area contributed by atoms with Crippen molar-refractivity contribution in [2.45, 2.75) is 6.61 Å². The zero-order valence-electron chi connectivity index (χ0n) is 14.8. The van der Waals surface area contributed by atoms with Crippen LogP contribution in [0.1, 0.15) is 11.1 Å². The molecule has 1 aliphatic heterocycles. The van der Waals surface area contributed by atoms with E-state index in [4.69, 9.17) is 4.74 Å². The van der Waals surface area contributed by atoms with Gasteiger partial charge in [-0.15, -0.1) is 0 Å². The Labute approximate surface area is 155 Å². The lowest BCUT2D eigenvalue weighted by Gasteiger charge is -2.28. The second kappa shape index (κ2) is 7.41. The lowest BCUT2D eigenvalue weighted by atomic mass is 10.1. The molecule has 1 heterocycles. The molecule has 1 saturated heterocycles. The van der Waals surface area contributed by atoms with Gasteiger partial charge in [-0.05, 0) is 29.8 Å². The Kier molecular flexibility index (Phi) is 5.03. The highest BCUT2D eigenvalue weighted by molar-refractivity contribution is 6.30. The number of ether oxygens (including phenoxy) is 1. The number of hydrogen-bond donors (Lipinski definition) is 0. The quantitative estimate of drug-likeness (QED) is 0.615. The highest BCUT2D eigenvalue weighted by Gasteiger charge is 2.37. The molecule has 0 radical (unpaired) electrons. The molecule has 2 aromatic carbocycles. The number of barbiturate groups is 1. The fourth-order valence-corrected chi connectivity index (χ4v) is 2.58. The summed E-state index contributed by atoms with van der Waals surface area (Å²) < 4.78 is 19.2. The largest absolute Gasteiger partial charge is 0.489 e. The van der Waals surface area contributed by atoms with Crippen molar-refractivity contribution >= 4 is 23.9 Å². The molecule has 7 heteroatoms. The van der Waals surface area contributed by atoms with E-state index in [1.54, 1.807) is 42.5 Å². The maximum absolute atomic E-state index is 13.6. The lowest BCUT2D eigenvalue weighted by molar-refractivity contribution is -0.134. The van der Waals surface area contributed by atoms with Crippen molar-refractivity contribution in [3.05, 3.63) is 71.0 Å². The highest BCUT2D eigenvalue weighted by Crippen LogP contribution is 2.20. The molecule has 0 N–H and O–H groups in total. The van der Waals surface area contributed by atoms with Gasteiger partial charge in [-0.2, -0.15) is 0 Å². The van der Waals surface area contributed by atoms with Gasteiger partial charge in [-0.3, -0.25) is 19.4 Å². The van der Waals surface area contributed by atoms with E-state index in [0.29, 0.717) is 16.9 Å². The van der Waals surface area contributed by atoms with E-state index in [0.717, 1.165) is 9.80 Å². The summed E-state index contributed by atoms with van der Waals surface area (Å²) >= 11 is 0. The fraction of sp³-hybridized carbons (Fsp3) is 0.150. The SMILES string of the molecule is CN1C(=O)C(=Cc2ccc(OCc3ccccc3F)cc2)C(=O)N(C)C1=O. The number of nitrogens with zero attached hydrogens (tertiary/aromatic N) is 2. The third-order valence-corrected chi connectivity index (χ3v) is 4.19. The molecule has 4 amide bonds. The summed E-state index contributed by atoms with van der Waals surface area (Å²) in [7, 11) is 2.64. The number of rotatable bonds is 4. The average molecular weight is 368 g/mol. The topological polar surface area (TPSA) is 66.9 Å². The van der Waals surface area contributed by atoms with Gasteiger partial charge < -0.3 is 4.74 Å². The minimum Gasteiger partial charge on any atom is -0.489 e. The summed E-state index contributed by atoms with van der Waals surface area (Å²) in [6.07, 6.45) is 1.42. The first-order valence-electron chi connectivity index (χ1n) is 8.16. The molecule has 3 rings (SSSR count). The molecule has 0 unspecified atom stereocenters. The smallest absolute Gasteiger partial charge is 0.333 e. The maximum Gasteiger partial charge on any atom is 0.333 e. The second-order valence-corrected chi connectivity index (χ2v) is 6.02. The zero-order valence-corrected chi connectivity index (χ0v) is 14.8. The van der Waals surface area contributed by atoms with Crippen LogP contribution < -0.4 is 4.74 Å². The molecule has 138 valence electrons. The third kappa shape index (κ3) is 3.72. The number of carbonyl (C=O) groups excluding carboxylic acids is 3. The van der Waals surface area contributed by atoms with Gasteiger partial charge in [0.25, 0.3) is 11.8 Å². The summed E-state index contributed by atoms with van der Waals surface area (Å²) in [5.74, 6) is -1.12. The number of urea groups is 1. The van der Waals surface area contributed by atoms with Crippen LogP contribution in [0.2, 0.25) is 0 Å². The molecule has 6 nitrogen and oxygen atoms in total. The molecule has 0 saturated carbocycles. The summed E-state index contributed by atoms with van der Waals surface area (Å²) in [5, 5.41) is 0. The molecule has 0 aromatic heterocycles. The Morgan fingerprint density at radius 3 is 2.11 bits per heavy atom. The lowest BCUT2D eigenvalue weighted by Crippen LogP contribution is -2.52. The minimum atomic E-state index is -0.668. The van der Waals surface area contributed by atoms with Crippen LogP contribution >= 0.6 is 0 Å². The first-order chi connectivity index (χ1) is 12.9. The van der Waals surface area contributed by atoms with Crippen molar-refractivity contribution in [2.24, 2.45) is 0 Å². The monoisotopic (exact) mass is 368 g/mol. The van der Waals surface area contributed by atoms with Crippen LogP contribution in [0.5, 0.6) is 5.75 Å². The van der Waals surface area contributed by atoms with Crippen LogP contribution in [0.15, 0.2) is 54.1 Å². The Hall–Kier alpha value is -3.48. The summed E-state index contributed by atoms with van der Waals surface area (Å²) in [6, 6.07) is 12.3. The van der Waals surface area contributed by atoms with Gasteiger partial charge in [0.1, 0.15) is 23.7 Å². The van der Waals surface area contributed by atoms with E-state index in [2.05, 4.69) is 0 Å². The Balaban J connectivity index is 1.74. The van der Waals surface area contributed by atoms with Crippen molar-refractivity contribution in [1.29, 1.82) is 0 Å². The molecule has 1 aliphatic rings. The number of benzene rings is 2. The molecule has 0 bridgehead atoms. The summed E-state index contributed by atoms with van der Waals surface area (Å²) in [5.41, 5.74) is 0.943. The van der Waals surface area contributed by atoms with Gasteiger partial charge in [-0.1, -0.05) is 30.3 Å². The number of likely N-dealkylation sites (N-methyl/N-ethyl adjacent to an activating group) is 2. The number of imide groups is 2. The Morgan fingerprint density at radius 2 is 1.52 bits per heavy atom. The van der Waals surface area contributed by atoms with Crippen LogP contribution in [0, 0.1) is 5.82 Å². The van der Waals surface area contributed by atoms with Crippen LogP contribution in [-0.4, -0.2) is 41.7 Å². The standard InChI is InChI=1S/C20H17FN2O4/c1-22-18(24)16(19(25)23(2)20(22)26)11-13-7-9-15(10-8-13)27-12-14-5-3-4-6-17(14)21/h3-11H,12H2,1-2H3. The van der Waals surface area contributed by atoms with Crippen molar-refractivity contribution in [1.82, 2.24) is 9.80 Å². The molecule has 0 spiro atoms. The summed E-state index contributed by atoms with van der Waals surface area (Å²) in [4.78, 5) is 37.9. The number of halogens is 1. The van der Waals surface area contributed by atoms with Gasteiger partial charge in [-0.25, -0.2) is 9.18 Å². The molecule has 1 fully saturated rings. The van der Waals surface area contributed by atoms with Crippen molar-refractivity contribution in [3.8, 4) is 5.75 Å². The van der Waals surface area contributed by atoms with Gasteiger partial charge in [0.15, 0.2) is 0 Å². The molecular formula is C20H17FN2O4. The van der Waals surface area contributed by atoms with Gasteiger partial charge >= 0.3 is 6.03 Å².